The lowest BCUT2D eigenvalue weighted by atomic mass is 10.00. The van der Waals surface area contributed by atoms with Crippen molar-refractivity contribution in [1.29, 1.82) is 0 Å². The zero-order valence-electron chi connectivity index (χ0n) is 17.7. The molecule has 4 rings (SSSR count). The van der Waals surface area contributed by atoms with E-state index in [1.54, 1.807) is 0 Å². The lowest BCUT2D eigenvalue weighted by Crippen LogP contribution is -2.49. The highest BCUT2D eigenvalue weighted by Gasteiger charge is 2.27. The number of hydrogen-bond acceptors (Lipinski definition) is 4. The molecule has 3 aliphatic rings. The van der Waals surface area contributed by atoms with Crippen LogP contribution in [-0.2, 0) is 6.54 Å². The third-order valence-corrected chi connectivity index (χ3v) is 6.84. The molecule has 3 saturated heterocycles. The molecule has 3 N–H and O–H groups in total. The van der Waals surface area contributed by atoms with E-state index in [1.165, 1.54) is 50.8 Å². The summed E-state index contributed by atoms with van der Waals surface area (Å²) in [6.07, 6.45) is 8.59. The molecule has 1 aromatic rings. The van der Waals surface area contributed by atoms with Gasteiger partial charge in [0.05, 0.1) is 0 Å². The Morgan fingerprint density at radius 3 is 2.45 bits per heavy atom. The van der Waals surface area contributed by atoms with E-state index < -0.39 is 0 Å². The van der Waals surface area contributed by atoms with Gasteiger partial charge >= 0.3 is 6.03 Å². The van der Waals surface area contributed by atoms with Gasteiger partial charge in [-0.3, -0.25) is 0 Å². The summed E-state index contributed by atoms with van der Waals surface area (Å²) < 4.78 is 0. The zero-order chi connectivity index (χ0) is 19.9. The van der Waals surface area contributed by atoms with Crippen LogP contribution in [0.4, 0.5) is 10.5 Å². The molecule has 0 bridgehead atoms. The topological polar surface area (TPSA) is 59.6 Å². The summed E-state index contributed by atoms with van der Waals surface area (Å²) in [6.45, 7) is 7.19. The molecule has 0 aromatic heterocycles. The smallest absolute Gasteiger partial charge is 0.321 e. The molecule has 0 saturated carbocycles. The maximum absolute atomic E-state index is 12.9. The predicted octanol–water partition coefficient (Wildman–Crippen LogP) is 3.01. The number of benzene rings is 1. The van der Waals surface area contributed by atoms with Crippen molar-refractivity contribution in [2.45, 2.75) is 63.6 Å². The van der Waals surface area contributed by atoms with Crippen LogP contribution in [0.25, 0.3) is 0 Å². The Bertz CT molecular complexity index is 646. The molecule has 0 unspecified atom stereocenters. The summed E-state index contributed by atoms with van der Waals surface area (Å²) in [6, 6.07) is 9.49. The molecule has 0 spiro atoms. The fraction of sp³-hybridized carbons (Fsp3) is 0.696. The summed E-state index contributed by atoms with van der Waals surface area (Å²) in [7, 11) is 0. The minimum absolute atomic E-state index is 0.0522. The van der Waals surface area contributed by atoms with Gasteiger partial charge in [-0.1, -0.05) is 24.6 Å². The minimum atomic E-state index is 0.0522. The third kappa shape index (κ3) is 5.71. The van der Waals surface area contributed by atoms with Crippen molar-refractivity contribution in [3.8, 4) is 0 Å². The monoisotopic (exact) mass is 399 g/mol. The van der Waals surface area contributed by atoms with Crippen LogP contribution in [0.5, 0.6) is 0 Å². The van der Waals surface area contributed by atoms with Gasteiger partial charge in [-0.05, 0) is 76.3 Å². The van der Waals surface area contributed by atoms with Crippen LogP contribution in [0.1, 0.15) is 50.5 Å². The number of carbonyl (C=O) groups is 1. The Morgan fingerprint density at radius 1 is 0.966 bits per heavy atom. The molecule has 6 nitrogen and oxygen atoms in total. The van der Waals surface area contributed by atoms with Crippen molar-refractivity contribution < 1.29 is 4.79 Å². The summed E-state index contributed by atoms with van der Waals surface area (Å²) in [5.74, 6) is 0. The molecule has 2 amide bonds. The fourth-order valence-electron chi connectivity index (χ4n) is 4.99. The quantitative estimate of drug-likeness (QED) is 0.712. The van der Waals surface area contributed by atoms with Gasteiger partial charge < -0.3 is 25.8 Å². The predicted molar refractivity (Wildman–Crippen MR) is 118 cm³/mol. The van der Waals surface area contributed by atoms with Crippen LogP contribution in [0.2, 0.25) is 0 Å². The highest BCUT2D eigenvalue weighted by atomic mass is 16.2. The first-order valence-corrected chi connectivity index (χ1v) is 11.6. The molecule has 160 valence electrons. The number of piperidine rings is 3. The Hall–Kier alpha value is -1.63. The van der Waals surface area contributed by atoms with Gasteiger partial charge in [-0.2, -0.15) is 0 Å². The van der Waals surface area contributed by atoms with Crippen molar-refractivity contribution in [2.24, 2.45) is 0 Å². The number of urea groups is 1. The second-order valence-corrected chi connectivity index (χ2v) is 8.81. The second-order valence-electron chi connectivity index (χ2n) is 8.81. The van der Waals surface area contributed by atoms with Crippen LogP contribution in [-0.4, -0.2) is 67.2 Å². The largest absolute Gasteiger partial charge is 0.324 e. The Balaban J connectivity index is 1.27. The zero-order valence-corrected chi connectivity index (χ0v) is 17.7. The van der Waals surface area contributed by atoms with E-state index in [0.717, 1.165) is 51.3 Å². The lowest BCUT2D eigenvalue weighted by molar-refractivity contribution is 0.104. The summed E-state index contributed by atoms with van der Waals surface area (Å²) in [5, 5.41) is 10.3. The molecule has 0 atom stereocenters. The third-order valence-electron chi connectivity index (χ3n) is 6.84. The highest BCUT2D eigenvalue weighted by molar-refractivity contribution is 5.90. The number of nitrogens with zero attached hydrogens (tertiary/aromatic N) is 2. The van der Waals surface area contributed by atoms with E-state index in [0.29, 0.717) is 12.1 Å². The standard InChI is InChI=1S/C23H37N5O/c29-23(28-16-10-21(11-17-28)27-14-4-1-5-15-27)26-22-7-3-2-6-19(22)18-25-20-8-12-24-13-9-20/h2-3,6-7,20-21,24-25H,1,4-5,8-18H2,(H,26,29). The average Bonchev–Trinajstić information content (AvgIpc) is 2.80. The highest BCUT2D eigenvalue weighted by Crippen LogP contribution is 2.22. The number of nitrogens with one attached hydrogen (secondary N) is 3. The molecule has 3 heterocycles. The maximum Gasteiger partial charge on any atom is 0.321 e. The number of rotatable bonds is 5. The molecular weight excluding hydrogens is 362 g/mol. The number of anilines is 1. The maximum atomic E-state index is 12.9. The van der Waals surface area contributed by atoms with Crippen LogP contribution in [0.15, 0.2) is 24.3 Å². The van der Waals surface area contributed by atoms with E-state index >= 15 is 0 Å². The average molecular weight is 400 g/mol. The first-order valence-electron chi connectivity index (χ1n) is 11.6. The molecule has 6 heteroatoms. The molecule has 3 fully saturated rings. The van der Waals surface area contributed by atoms with E-state index in [4.69, 9.17) is 0 Å². The number of hydrogen-bond donors (Lipinski definition) is 3. The normalized spacial score (nSPS) is 22.6. The number of likely N-dealkylation sites (tertiary alicyclic amines) is 2. The van der Waals surface area contributed by atoms with Gasteiger partial charge in [0.15, 0.2) is 0 Å². The van der Waals surface area contributed by atoms with Crippen molar-refractivity contribution in [1.82, 2.24) is 20.4 Å². The van der Waals surface area contributed by atoms with E-state index in [-0.39, 0.29) is 6.03 Å². The lowest BCUT2D eigenvalue weighted by Gasteiger charge is -2.40. The van der Waals surface area contributed by atoms with Crippen molar-refractivity contribution in [2.75, 3.05) is 44.6 Å². The molecule has 0 radical (unpaired) electrons. The van der Waals surface area contributed by atoms with Crippen LogP contribution < -0.4 is 16.0 Å². The summed E-state index contributed by atoms with van der Waals surface area (Å²) in [5.41, 5.74) is 2.11. The summed E-state index contributed by atoms with van der Waals surface area (Å²) >= 11 is 0. The van der Waals surface area contributed by atoms with E-state index in [1.807, 2.05) is 17.0 Å². The minimum Gasteiger partial charge on any atom is -0.324 e. The number of amides is 2. The fourth-order valence-corrected chi connectivity index (χ4v) is 4.99. The number of carbonyl (C=O) groups excluding carboxylic acids is 1. The van der Waals surface area contributed by atoms with Gasteiger partial charge in [0.1, 0.15) is 0 Å². The SMILES string of the molecule is O=C(Nc1ccccc1CNC1CCNCC1)N1CCC(N2CCCCC2)CC1. The van der Waals surface area contributed by atoms with Gasteiger partial charge in [0, 0.05) is 37.4 Å². The first kappa shape index (κ1) is 20.6. The van der Waals surface area contributed by atoms with Crippen molar-refractivity contribution in [3.63, 3.8) is 0 Å². The van der Waals surface area contributed by atoms with Crippen LogP contribution >= 0.6 is 0 Å². The first-order chi connectivity index (χ1) is 14.3. The Morgan fingerprint density at radius 2 is 1.69 bits per heavy atom. The van der Waals surface area contributed by atoms with Gasteiger partial charge in [0.2, 0.25) is 0 Å². The number of para-hydroxylation sites is 1. The Kier molecular flexibility index (Phi) is 7.41. The molecule has 0 aliphatic carbocycles. The van der Waals surface area contributed by atoms with Crippen LogP contribution in [0, 0.1) is 0 Å². The summed E-state index contributed by atoms with van der Waals surface area (Å²) in [4.78, 5) is 17.5. The van der Waals surface area contributed by atoms with Crippen molar-refractivity contribution >= 4 is 11.7 Å². The van der Waals surface area contributed by atoms with Gasteiger partial charge in [-0.25, -0.2) is 4.79 Å². The molecule has 29 heavy (non-hydrogen) atoms. The molecule has 1 aromatic carbocycles. The van der Waals surface area contributed by atoms with E-state index in [2.05, 4.69) is 33.0 Å². The molecular formula is C23H37N5O. The van der Waals surface area contributed by atoms with E-state index in [9.17, 15) is 4.79 Å². The molecule has 3 aliphatic heterocycles. The van der Waals surface area contributed by atoms with Gasteiger partial charge in [0.25, 0.3) is 0 Å². The van der Waals surface area contributed by atoms with Gasteiger partial charge in [-0.15, -0.1) is 0 Å². The Labute approximate surface area is 175 Å². The second kappa shape index (κ2) is 10.4. The van der Waals surface area contributed by atoms with Crippen molar-refractivity contribution in [3.05, 3.63) is 29.8 Å². The van der Waals surface area contributed by atoms with Crippen LogP contribution in [0.3, 0.4) is 0 Å².